The van der Waals surface area contributed by atoms with Crippen molar-refractivity contribution in [3.05, 3.63) is 12.7 Å². The molecular formula is C16H32. The first kappa shape index (κ1) is 15.7. The minimum atomic E-state index is 0.429. The normalized spacial score (nSPS) is 15.8. The second kappa shape index (κ2) is 7.92. The Labute approximate surface area is 104 Å². The Morgan fingerprint density at radius 3 is 2.06 bits per heavy atom. The van der Waals surface area contributed by atoms with Gasteiger partial charge in [0.1, 0.15) is 0 Å². The Bertz CT molecular complexity index is 173. The summed E-state index contributed by atoms with van der Waals surface area (Å²) < 4.78 is 0. The van der Waals surface area contributed by atoms with Crippen molar-refractivity contribution in [1.29, 1.82) is 0 Å². The molecule has 0 heterocycles. The lowest BCUT2D eigenvalue weighted by molar-refractivity contribution is 0.209. The fourth-order valence-corrected chi connectivity index (χ4v) is 2.50. The van der Waals surface area contributed by atoms with Gasteiger partial charge in [0.15, 0.2) is 0 Å². The predicted molar refractivity (Wildman–Crippen MR) is 75.7 cm³/mol. The second-order valence-corrected chi connectivity index (χ2v) is 6.23. The van der Waals surface area contributed by atoms with Crippen molar-refractivity contribution in [2.24, 2.45) is 17.3 Å². The van der Waals surface area contributed by atoms with E-state index in [1.54, 1.807) is 0 Å². The van der Waals surface area contributed by atoms with E-state index in [1.807, 2.05) is 0 Å². The highest BCUT2D eigenvalue weighted by molar-refractivity contribution is 4.81. The second-order valence-electron chi connectivity index (χ2n) is 6.23. The molecule has 0 spiro atoms. The molecule has 0 aromatic rings. The molecule has 0 aliphatic rings. The summed E-state index contributed by atoms with van der Waals surface area (Å²) in [5.74, 6) is 1.75. The van der Waals surface area contributed by atoms with Crippen LogP contribution in [-0.2, 0) is 0 Å². The van der Waals surface area contributed by atoms with E-state index >= 15 is 0 Å². The molecule has 0 radical (unpaired) electrons. The minimum Gasteiger partial charge on any atom is -0.103 e. The molecule has 0 fully saturated rings. The van der Waals surface area contributed by atoms with Crippen LogP contribution in [0, 0.1) is 17.3 Å². The zero-order valence-corrected chi connectivity index (χ0v) is 12.2. The van der Waals surface area contributed by atoms with Crippen molar-refractivity contribution in [3.63, 3.8) is 0 Å². The van der Waals surface area contributed by atoms with Crippen LogP contribution in [0.1, 0.15) is 73.1 Å². The van der Waals surface area contributed by atoms with Crippen LogP contribution in [0.4, 0.5) is 0 Å². The smallest absolute Gasteiger partial charge is 0.0320 e. The fraction of sp³-hybridized carbons (Fsp3) is 0.875. The van der Waals surface area contributed by atoms with E-state index in [0.29, 0.717) is 5.41 Å². The monoisotopic (exact) mass is 224 g/mol. The highest BCUT2D eigenvalue weighted by Gasteiger charge is 2.23. The third-order valence-electron chi connectivity index (χ3n) is 3.87. The Hall–Kier alpha value is -0.260. The molecule has 0 aromatic carbocycles. The van der Waals surface area contributed by atoms with Gasteiger partial charge in [-0.15, -0.1) is 6.58 Å². The zero-order valence-electron chi connectivity index (χ0n) is 12.2. The third-order valence-corrected chi connectivity index (χ3v) is 3.87. The molecule has 96 valence electrons. The van der Waals surface area contributed by atoms with Gasteiger partial charge in [0, 0.05) is 0 Å². The van der Waals surface area contributed by atoms with Crippen LogP contribution in [0.15, 0.2) is 12.7 Å². The maximum absolute atomic E-state index is 3.90. The van der Waals surface area contributed by atoms with Gasteiger partial charge >= 0.3 is 0 Å². The standard InChI is InChI=1S/C16H32/c1-7-10-14(9-3)12-13-15(11-8-2)16(4,5)6/h8,14-15H,2,7,9-13H2,1,3-6H3. The van der Waals surface area contributed by atoms with Crippen molar-refractivity contribution in [1.82, 2.24) is 0 Å². The summed E-state index contributed by atoms with van der Waals surface area (Å²) in [4.78, 5) is 0. The summed E-state index contributed by atoms with van der Waals surface area (Å²) >= 11 is 0. The first-order valence-corrected chi connectivity index (χ1v) is 7.06. The van der Waals surface area contributed by atoms with E-state index in [4.69, 9.17) is 0 Å². The zero-order chi connectivity index (χ0) is 12.6. The molecule has 0 aliphatic carbocycles. The van der Waals surface area contributed by atoms with E-state index in [9.17, 15) is 0 Å². The summed E-state index contributed by atoms with van der Waals surface area (Å²) in [6.45, 7) is 15.6. The van der Waals surface area contributed by atoms with Gasteiger partial charge in [0.25, 0.3) is 0 Å². The highest BCUT2D eigenvalue weighted by atomic mass is 14.3. The Balaban J connectivity index is 4.14. The van der Waals surface area contributed by atoms with Gasteiger partial charge in [-0.2, -0.15) is 0 Å². The molecule has 0 aliphatic heterocycles. The van der Waals surface area contributed by atoms with Gasteiger partial charge in [0.05, 0.1) is 0 Å². The summed E-state index contributed by atoms with van der Waals surface area (Å²) in [6.07, 6.45) is 10.1. The average molecular weight is 224 g/mol. The van der Waals surface area contributed by atoms with E-state index in [2.05, 4.69) is 47.3 Å². The third kappa shape index (κ3) is 6.35. The lowest BCUT2D eigenvalue weighted by atomic mass is 9.74. The van der Waals surface area contributed by atoms with Gasteiger partial charge in [0.2, 0.25) is 0 Å². The molecule has 0 rings (SSSR count). The van der Waals surface area contributed by atoms with Crippen molar-refractivity contribution < 1.29 is 0 Å². The molecule has 16 heavy (non-hydrogen) atoms. The van der Waals surface area contributed by atoms with E-state index in [-0.39, 0.29) is 0 Å². The fourth-order valence-electron chi connectivity index (χ4n) is 2.50. The predicted octanol–water partition coefficient (Wildman–Crippen LogP) is 5.83. The first-order valence-electron chi connectivity index (χ1n) is 7.06. The van der Waals surface area contributed by atoms with Crippen LogP contribution in [0.3, 0.4) is 0 Å². The van der Waals surface area contributed by atoms with Crippen LogP contribution in [0.2, 0.25) is 0 Å². The average Bonchev–Trinajstić information content (AvgIpc) is 2.20. The van der Waals surface area contributed by atoms with Crippen molar-refractivity contribution in [3.8, 4) is 0 Å². The molecular weight excluding hydrogens is 192 g/mol. The number of hydrogen-bond donors (Lipinski definition) is 0. The highest BCUT2D eigenvalue weighted by Crippen LogP contribution is 2.34. The van der Waals surface area contributed by atoms with Crippen LogP contribution in [0.5, 0.6) is 0 Å². The molecule has 0 nitrogen and oxygen atoms in total. The lowest BCUT2D eigenvalue weighted by Gasteiger charge is -2.31. The summed E-state index contributed by atoms with van der Waals surface area (Å²) in [6, 6.07) is 0. The molecule has 0 heteroatoms. The molecule has 0 N–H and O–H groups in total. The Morgan fingerprint density at radius 1 is 1.06 bits per heavy atom. The van der Waals surface area contributed by atoms with E-state index in [0.717, 1.165) is 11.8 Å². The summed E-state index contributed by atoms with van der Waals surface area (Å²) in [5, 5.41) is 0. The van der Waals surface area contributed by atoms with Crippen LogP contribution >= 0.6 is 0 Å². The van der Waals surface area contributed by atoms with E-state index < -0.39 is 0 Å². The Morgan fingerprint density at radius 2 is 1.69 bits per heavy atom. The van der Waals surface area contributed by atoms with Gasteiger partial charge in [-0.05, 0) is 30.1 Å². The molecule has 0 saturated heterocycles. The number of hydrogen-bond acceptors (Lipinski definition) is 0. The molecule has 0 saturated carbocycles. The molecule has 0 amide bonds. The number of allylic oxidation sites excluding steroid dienone is 1. The number of rotatable bonds is 8. The van der Waals surface area contributed by atoms with Crippen molar-refractivity contribution >= 4 is 0 Å². The van der Waals surface area contributed by atoms with Gasteiger partial charge < -0.3 is 0 Å². The SMILES string of the molecule is C=CCC(CCC(CC)CCC)C(C)(C)C. The van der Waals surface area contributed by atoms with E-state index in [1.165, 1.54) is 38.5 Å². The molecule has 0 aromatic heterocycles. The molecule has 0 bridgehead atoms. The van der Waals surface area contributed by atoms with Crippen molar-refractivity contribution in [2.75, 3.05) is 0 Å². The topological polar surface area (TPSA) is 0 Å². The van der Waals surface area contributed by atoms with Gasteiger partial charge in [-0.25, -0.2) is 0 Å². The molecule has 2 unspecified atom stereocenters. The minimum absolute atomic E-state index is 0.429. The maximum Gasteiger partial charge on any atom is -0.0320 e. The largest absolute Gasteiger partial charge is 0.103 e. The summed E-state index contributed by atoms with van der Waals surface area (Å²) in [7, 11) is 0. The first-order chi connectivity index (χ1) is 7.45. The lowest BCUT2D eigenvalue weighted by Crippen LogP contribution is -2.20. The van der Waals surface area contributed by atoms with Crippen LogP contribution < -0.4 is 0 Å². The Kier molecular flexibility index (Phi) is 7.80. The van der Waals surface area contributed by atoms with Crippen molar-refractivity contribution in [2.45, 2.75) is 73.1 Å². The van der Waals surface area contributed by atoms with Crippen LogP contribution in [0.25, 0.3) is 0 Å². The summed E-state index contributed by atoms with van der Waals surface area (Å²) in [5.41, 5.74) is 0.429. The van der Waals surface area contributed by atoms with Gasteiger partial charge in [-0.1, -0.05) is 66.4 Å². The quantitative estimate of drug-likeness (QED) is 0.455. The van der Waals surface area contributed by atoms with Crippen LogP contribution in [-0.4, -0.2) is 0 Å². The molecule has 2 atom stereocenters. The van der Waals surface area contributed by atoms with Gasteiger partial charge in [-0.3, -0.25) is 0 Å². The maximum atomic E-state index is 3.90.